The van der Waals surface area contributed by atoms with Gasteiger partial charge >= 0.3 is 21.7 Å². The van der Waals surface area contributed by atoms with Crippen molar-refractivity contribution in [3.05, 3.63) is 149 Å². The molecule has 5 aromatic carbocycles. The molecule has 0 nitrogen and oxygen atoms in total. The Labute approximate surface area is 319 Å². The summed E-state index contributed by atoms with van der Waals surface area (Å²) in [4.78, 5) is 0. The molecular formula is C42H49Cl3SiTi. The van der Waals surface area contributed by atoms with Crippen molar-refractivity contribution in [2.24, 2.45) is 0 Å². The maximum absolute atomic E-state index is 2.61. The van der Waals surface area contributed by atoms with E-state index in [1.54, 1.807) is 0 Å². The van der Waals surface area contributed by atoms with Gasteiger partial charge in [0.25, 0.3) is 0 Å². The van der Waals surface area contributed by atoms with Gasteiger partial charge in [0.15, 0.2) is 0 Å². The summed E-state index contributed by atoms with van der Waals surface area (Å²) in [5.74, 6) is 0. The van der Waals surface area contributed by atoms with Gasteiger partial charge in [0.2, 0.25) is 0 Å². The van der Waals surface area contributed by atoms with Crippen molar-refractivity contribution < 1.29 is 58.9 Å². The van der Waals surface area contributed by atoms with Crippen LogP contribution in [0.25, 0.3) is 0 Å². The number of unbranched alkanes of at least 4 members (excludes halogenated alkanes) is 3. The van der Waals surface area contributed by atoms with Crippen LogP contribution in [0, 0.1) is 0 Å². The minimum Gasteiger partial charge on any atom is -1.00 e. The van der Waals surface area contributed by atoms with Gasteiger partial charge in [0.05, 0.1) is 0 Å². The Hall–Kier alpha value is -1.97. The van der Waals surface area contributed by atoms with Crippen LogP contribution in [0.5, 0.6) is 0 Å². The third-order valence-electron chi connectivity index (χ3n) is 9.17. The summed E-state index contributed by atoms with van der Waals surface area (Å²) < 4.78 is 0. The molecule has 0 amide bonds. The molecule has 0 saturated carbocycles. The van der Waals surface area contributed by atoms with Crippen molar-refractivity contribution in [3.63, 3.8) is 0 Å². The zero-order chi connectivity index (χ0) is 29.9. The van der Waals surface area contributed by atoms with Crippen LogP contribution >= 0.6 is 0 Å². The zero-order valence-corrected chi connectivity index (χ0v) is 33.1. The van der Waals surface area contributed by atoms with Gasteiger partial charge in [-0.3, -0.25) is 0 Å². The largest absolute Gasteiger partial charge is 4.00 e. The van der Waals surface area contributed by atoms with Crippen molar-refractivity contribution in [1.82, 2.24) is 0 Å². The Bertz CT molecular complexity index is 1400. The summed E-state index contributed by atoms with van der Waals surface area (Å²) in [5.41, 5.74) is 7.18. The Kier molecular flexibility index (Phi) is 20.1. The maximum Gasteiger partial charge on any atom is 4.00 e. The second-order valence-corrected chi connectivity index (χ2v) is 16.0. The summed E-state index contributed by atoms with van der Waals surface area (Å²) in [6.45, 7) is 6.85. The van der Waals surface area contributed by atoms with Gasteiger partial charge in [-0.15, -0.1) is 5.19 Å². The fourth-order valence-electron chi connectivity index (χ4n) is 6.67. The number of rotatable bonds is 15. The Morgan fingerprint density at radius 1 is 0.447 bits per heavy atom. The summed E-state index contributed by atoms with van der Waals surface area (Å²) in [5, 5.41) is 5.97. The number of aryl methyl sites for hydroxylation is 3. The average molecular weight is 736 g/mol. The molecule has 0 aliphatic rings. The van der Waals surface area contributed by atoms with E-state index in [9.17, 15) is 0 Å². The predicted octanol–water partition coefficient (Wildman–Crippen LogP) is -0.589. The fourth-order valence-corrected chi connectivity index (χ4v) is 11.6. The van der Waals surface area contributed by atoms with Crippen LogP contribution in [-0.2, 0) is 47.4 Å². The van der Waals surface area contributed by atoms with Gasteiger partial charge < -0.3 is 37.2 Å². The van der Waals surface area contributed by atoms with E-state index in [0.29, 0.717) is 0 Å². The molecule has 0 atom stereocenters. The second kappa shape index (κ2) is 21.9. The number of hydrogen-bond donors (Lipinski definition) is 0. The first kappa shape index (κ1) is 43.1. The molecule has 5 rings (SSSR count). The molecule has 0 bridgehead atoms. The molecule has 5 aromatic rings. The molecule has 0 N–H and O–H groups in total. The smallest absolute Gasteiger partial charge is 1.00 e. The second-order valence-electron chi connectivity index (χ2n) is 12.3. The Balaban J connectivity index is 0.00000276. The minimum absolute atomic E-state index is 0. The van der Waals surface area contributed by atoms with Crippen molar-refractivity contribution in [2.75, 3.05) is 0 Å². The summed E-state index contributed by atoms with van der Waals surface area (Å²) in [6.07, 6.45) is 11.8. The minimum atomic E-state index is -2.61. The molecule has 0 fully saturated rings. The van der Waals surface area contributed by atoms with Crippen molar-refractivity contribution in [2.45, 2.75) is 85.0 Å². The Morgan fingerprint density at radius 2 is 0.830 bits per heavy atom. The molecule has 0 aliphatic carbocycles. The maximum atomic E-state index is 2.48. The molecule has 0 spiro atoms. The van der Waals surface area contributed by atoms with Gasteiger partial charge in [-0.2, -0.15) is 11.6 Å². The molecule has 0 aliphatic heterocycles. The summed E-state index contributed by atoms with van der Waals surface area (Å²) >= 11 is 0. The van der Waals surface area contributed by atoms with Crippen molar-refractivity contribution in [1.29, 1.82) is 0 Å². The summed E-state index contributed by atoms with van der Waals surface area (Å²) in [6, 6.07) is 47.5. The molecule has 47 heavy (non-hydrogen) atoms. The van der Waals surface area contributed by atoms with Gasteiger partial charge in [-0.25, -0.2) is 12.1 Å². The van der Waals surface area contributed by atoms with Crippen LogP contribution < -0.4 is 58.0 Å². The van der Waals surface area contributed by atoms with Gasteiger partial charge in [0, 0.05) is 0 Å². The quantitative estimate of drug-likeness (QED) is 0.0768. The first-order chi connectivity index (χ1) is 21.2. The molecule has 0 aromatic heterocycles. The van der Waals surface area contributed by atoms with E-state index in [0.717, 1.165) is 25.7 Å². The third-order valence-corrected chi connectivity index (χ3v) is 14.1. The van der Waals surface area contributed by atoms with Gasteiger partial charge in [-0.05, 0) is 67.2 Å². The van der Waals surface area contributed by atoms with E-state index < -0.39 is 8.07 Å². The molecular weight excluding hydrogens is 687 g/mol. The monoisotopic (exact) mass is 734 g/mol. The van der Waals surface area contributed by atoms with Crippen LogP contribution in [0.3, 0.4) is 0 Å². The van der Waals surface area contributed by atoms with Crippen LogP contribution in [0.1, 0.15) is 87.1 Å². The summed E-state index contributed by atoms with van der Waals surface area (Å²) in [7, 11) is -2.61. The van der Waals surface area contributed by atoms with Gasteiger partial charge in [0.1, 0.15) is 8.07 Å². The van der Waals surface area contributed by atoms with Crippen molar-refractivity contribution in [3.8, 4) is 0 Å². The van der Waals surface area contributed by atoms with Crippen LogP contribution in [0.4, 0.5) is 0 Å². The molecule has 0 saturated heterocycles. The zero-order valence-electron chi connectivity index (χ0n) is 28.3. The van der Waals surface area contributed by atoms with Gasteiger partial charge in [-0.1, -0.05) is 159 Å². The molecule has 246 valence electrons. The normalized spacial score (nSPS) is 10.6. The number of hydrogen-bond acceptors (Lipinski definition) is 0. The number of benzene rings is 4. The van der Waals surface area contributed by atoms with Crippen LogP contribution in [-0.4, -0.2) is 8.07 Å². The fraction of sp³-hybridized carbons (Fsp3) is 0.310. The third kappa shape index (κ3) is 10.5. The van der Waals surface area contributed by atoms with E-state index in [1.807, 2.05) is 0 Å². The number of halogens is 3. The first-order valence-corrected chi connectivity index (χ1v) is 18.8. The van der Waals surface area contributed by atoms with E-state index in [2.05, 4.69) is 142 Å². The topological polar surface area (TPSA) is 0 Å². The first-order valence-electron chi connectivity index (χ1n) is 16.8. The van der Waals surface area contributed by atoms with Crippen molar-refractivity contribution >= 4 is 28.8 Å². The average Bonchev–Trinajstić information content (AvgIpc) is 3.52. The standard InChI is InChI=1S/C42H49Si.3ClH.Ti/c1-4-7-14-34-21-27-39(28-22-34)43(40-29-23-35(24-30-40)15-8-5-2,41-31-25-36(26-32-41)16-9-6-3)42-20-13-19-38(42)33-37-17-11-10-12-18-37;;;;/h10-13,17-32H,4-9,14-16,33H2,1-3H3;3*1H;/q-1;;;;+4/p-3. The predicted molar refractivity (Wildman–Crippen MR) is 191 cm³/mol. The van der Waals surface area contributed by atoms with E-state index in [1.165, 1.54) is 87.1 Å². The molecule has 0 radical (unpaired) electrons. The SMILES string of the molecule is CCCCc1ccc([Si](c2ccc(CCCC)cc2)(c2ccc(CCCC)cc2)[c-]2cccc2Cc2ccccc2)cc1.[Cl-].[Cl-].[Cl-].[Ti+4]. The van der Waals surface area contributed by atoms with E-state index in [4.69, 9.17) is 0 Å². The van der Waals surface area contributed by atoms with Crippen LogP contribution in [0.15, 0.2) is 121 Å². The molecule has 0 heterocycles. The van der Waals surface area contributed by atoms with E-state index in [-0.39, 0.29) is 58.9 Å². The molecule has 0 unspecified atom stereocenters. The van der Waals surface area contributed by atoms with Crippen LogP contribution in [0.2, 0.25) is 0 Å². The Morgan fingerprint density at radius 3 is 1.19 bits per heavy atom. The molecule has 5 heteroatoms. The van der Waals surface area contributed by atoms with E-state index >= 15 is 0 Å².